The van der Waals surface area contributed by atoms with Crippen LogP contribution in [0.1, 0.15) is 31.1 Å². The van der Waals surface area contributed by atoms with E-state index in [1.54, 1.807) is 12.0 Å². The molecule has 0 bridgehead atoms. The van der Waals surface area contributed by atoms with Crippen molar-refractivity contribution in [2.75, 3.05) is 20.2 Å². The maximum absolute atomic E-state index is 6.14. The summed E-state index contributed by atoms with van der Waals surface area (Å²) in [6, 6.07) is 14.8. The first-order valence-corrected chi connectivity index (χ1v) is 9.64. The van der Waals surface area contributed by atoms with Crippen LogP contribution in [0.4, 0.5) is 0 Å². The number of methoxy groups -OCH3 is 1. The van der Waals surface area contributed by atoms with Crippen molar-refractivity contribution in [1.82, 2.24) is 0 Å². The number of benzene rings is 2. The first-order chi connectivity index (χ1) is 12.7. The van der Waals surface area contributed by atoms with Gasteiger partial charge in [0.1, 0.15) is 23.6 Å². The van der Waals surface area contributed by atoms with Crippen LogP contribution in [0.25, 0.3) is 22.1 Å². The molecule has 0 amide bonds. The van der Waals surface area contributed by atoms with E-state index in [0.717, 1.165) is 34.9 Å². The Morgan fingerprint density at radius 1 is 1.19 bits per heavy atom. The van der Waals surface area contributed by atoms with Crippen molar-refractivity contribution in [1.29, 1.82) is 0 Å². The molecule has 3 aromatic rings. The summed E-state index contributed by atoms with van der Waals surface area (Å²) in [5.74, 6) is 2.74. The summed E-state index contributed by atoms with van der Waals surface area (Å²) in [7, 11) is 1.77. The highest BCUT2D eigenvalue weighted by molar-refractivity contribution is 5.97. The predicted molar refractivity (Wildman–Crippen MR) is 106 cm³/mol. The van der Waals surface area contributed by atoms with Crippen molar-refractivity contribution in [2.24, 2.45) is 5.92 Å². The standard InChI is InChI=1S/C23H27NO2/c1-16-8-7-11-24(14-16)15-19-12-22-20(13-21(19)25-3)23(17(2)26-22)18-9-5-4-6-10-18/h4-6,9-10,12-13,16H,7-8,11,14-15H2,1-3H3/p+1/t16-/m0/s1. The molecule has 1 N–H and O–H groups in total. The fourth-order valence-corrected chi connectivity index (χ4v) is 4.41. The summed E-state index contributed by atoms with van der Waals surface area (Å²) in [6.45, 7) is 7.91. The zero-order valence-corrected chi connectivity index (χ0v) is 16.0. The van der Waals surface area contributed by atoms with Gasteiger partial charge in [-0.3, -0.25) is 0 Å². The predicted octanol–water partition coefficient (Wildman–Crippen LogP) is 4.23. The number of piperidine rings is 1. The number of hydrogen-bond donors (Lipinski definition) is 1. The average Bonchev–Trinajstić information content (AvgIpc) is 2.96. The molecule has 1 aromatic heterocycles. The normalized spacial score (nSPS) is 20.4. The molecule has 136 valence electrons. The highest BCUT2D eigenvalue weighted by Crippen LogP contribution is 2.37. The third-order valence-electron chi connectivity index (χ3n) is 5.63. The van der Waals surface area contributed by atoms with Crippen molar-refractivity contribution in [3.05, 3.63) is 53.8 Å². The summed E-state index contributed by atoms with van der Waals surface area (Å²) in [5.41, 5.74) is 4.57. The van der Waals surface area contributed by atoms with Gasteiger partial charge in [0.05, 0.1) is 25.8 Å². The van der Waals surface area contributed by atoms with Crippen LogP contribution in [0.3, 0.4) is 0 Å². The Morgan fingerprint density at radius 2 is 2.00 bits per heavy atom. The molecule has 0 saturated carbocycles. The van der Waals surface area contributed by atoms with E-state index in [0.29, 0.717) is 0 Å². The van der Waals surface area contributed by atoms with Gasteiger partial charge in [0.15, 0.2) is 0 Å². The number of ether oxygens (including phenoxy) is 1. The summed E-state index contributed by atoms with van der Waals surface area (Å²) in [6.07, 6.45) is 2.68. The monoisotopic (exact) mass is 350 g/mol. The number of nitrogens with one attached hydrogen (secondary N) is 1. The second-order valence-corrected chi connectivity index (χ2v) is 7.69. The van der Waals surface area contributed by atoms with Gasteiger partial charge in [-0.2, -0.15) is 0 Å². The molecule has 26 heavy (non-hydrogen) atoms. The van der Waals surface area contributed by atoms with Gasteiger partial charge in [0.2, 0.25) is 0 Å². The van der Waals surface area contributed by atoms with Crippen LogP contribution in [0.2, 0.25) is 0 Å². The third-order valence-corrected chi connectivity index (χ3v) is 5.63. The van der Waals surface area contributed by atoms with E-state index >= 15 is 0 Å². The number of furan rings is 1. The van der Waals surface area contributed by atoms with Crippen molar-refractivity contribution in [2.45, 2.75) is 33.2 Å². The first-order valence-electron chi connectivity index (χ1n) is 9.64. The number of rotatable bonds is 4. The maximum Gasteiger partial charge on any atom is 0.135 e. The molecule has 1 aliphatic rings. The summed E-state index contributed by atoms with van der Waals surface area (Å²) >= 11 is 0. The molecule has 1 aliphatic heterocycles. The first kappa shape index (κ1) is 17.2. The van der Waals surface area contributed by atoms with Crippen LogP contribution in [0, 0.1) is 12.8 Å². The highest BCUT2D eigenvalue weighted by atomic mass is 16.5. The number of quaternary nitrogens is 1. The van der Waals surface area contributed by atoms with Crippen LogP contribution in [-0.2, 0) is 6.54 Å². The lowest BCUT2D eigenvalue weighted by Crippen LogP contribution is -3.12. The second-order valence-electron chi connectivity index (χ2n) is 7.69. The van der Waals surface area contributed by atoms with E-state index in [2.05, 4.69) is 43.3 Å². The fraction of sp³-hybridized carbons (Fsp3) is 0.391. The van der Waals surface area contributed by atoms with Gasteiger partial charge in [0, 0.05) is 16.9 Å². The Kier molecular flexibility index (Phi) is 4.73. The molecule has 0 radical (unpaired) electrons. The van der Waals surface area contributed by atoms with Crippen molar-refractivity contribution in [3.8, 4) is 16.9 Å². The lowest BCUT2D eigenvalue weighted by molar-refractivity contribution is -0.922. The SMILES string of the molecule is COc1cc2c(-c3ccccc3)c(C)oc2cc1C[NH+]1CCC[C@H](C)C1. The minimum atomic E-state index is 0.809. The van der Waals surface area contributed by atoms with E-state index in [1.807, 2.05) is 13.0 Å². The van der Waals surface area contributed by atoms with Crippen LogP contribution in [0.15, 0.2) is 46.9 Å². The van der Waals surface area contributed by atoms with Gasteiger partial charge >= 0.3 is 0 Å². The van der Waals surface area contributed by atoms with Crippen LogP contribution < -0.4 is 9.64 Å². The molecule has 2 atom stereocenters. The highest BCUT2D eigenvalue weighted by Gasteiger charge is 2.23. The Hall–Kier alpha value is -2.26. The molecule has 3 heteroatoms. The largest absolute Gasteiger partial charge is 0.496 e. The molecule has 2 aromatic carbocycles. The minimum absolute atomic E-state index is 0.809. The fourth-order valence-electron chi connectivity index (χ4n) is 4.41. The molecule has 2 heterocycles. The summed E-state index contributed by atoms with van der Waals surface area (Å²) in [4.78, 5) is 1.65. The molecule has 3 nitrogen and oxygen atoms in total. The molecule has 4 rings (SSSR count). The van der Waals surface area contributed by atoms with Crippen molar-refractivity contribution < 1.29 is 14.1 Å². The van der Waals surface area contributed by atoms with E-state index in [9.17, 15) is 0 Å². The van der Waals surface area contributed by atoms with Gasteiger partial charge in [-0.25, -0.2) is 0 Å². The Labute approximate surface area is 155 Å². The molecule has 0 aliphatic carbocycles. The van der Waals surface area contributed by atoms with Gasteiger partial charge in [-0.05, 0) is 37.5 Å². The zero-order valence-electron chi connectivity index (χ0n) is 16.0. The topological polar surface area (TPSA) is 26.8 Å². The molecule has 0 spiro atoms. The van der Waals surface area contributed by atoms with Crippen LogP contribution >= 0.6 is 0 Å². The Balaban J connectivity index is 1.74. The van der Waals surface area contributed by atoms with Gasteiger partial charge in [0.25, 0.3) is 0 Å². The van der Waals surface area contributed by atoms with Gasteiger partial charge < -0.3 is 14.1 Å². The van der Waals surface area contributed by atoms with Crippen molar-refractivity contribution >= 4 is 11.0 Å². The molecule has 1 saturated heterocycles. The average molecular weight is 350 g/mol. The van der Waals surface area contributed by atoms with Crippen LogP contribution in [0.5, 0.6) is 5.75 Å². The smallest absolute Gasteiger partial charge is 0.135 e. The molecule has 1 unspecified atom stereocenters. The van der Waals surface area contributed by atoms with Crippen molar-refractivity contribution in [3.63, 3.8) is 0 Å². The van der Waals surface area contributed by atoms with E-state index in [4.69, 9.17) is 9.15 Å². The Morgan fingerprint density at radius 3 is 2.73 bits per heavy atom. The number of fused-ring (bicyclic) bond motifs is 1. The summed E-state index contributed by atoms with van der Waals surface area (Å²) < 4.78 is 11.9. The quantitative estimate of drug-likeness (QED) is 0.762. The number of likely N-dealkylation sites (tertiary alicyclic amines) is 1. The Bertz CT molecular complexity index is 897. The van der Waals surface area contributed by atoms with E-state index in [-0.39, 0.29) is 0 Å². The maximum atomic E-state index is 6.14. The summed E-state index contributed by atoms with van der Waals surface area (Å²) in [5, 5.41) is 1.14. The van der Waals surface area contributed by atoms with E-state index in [1.165, 1.54) is 42.6 Å². The number of aryl methyl sites for hydroxylation is 1. The van der Waals surface area contributed by atoms with Gasteiger partial charge in [-0.1, -0.05) is 37.3 Å². The third kappa shape index (κ3) is 3.24. The molecular formula is C23H28NO2+. The minimum Gasteiger partial charge on any atom is -0.496 e. The lowest BCUT2D eigenvalue weighted by Gasteiger charge is -2.28. The number of hydrogen-bond acceptors (Lipinski definition) is 2. The van der Waals surface area contributed by atoms with Gasteiger partial charge in [-0.15, -0.1) is 0 Å². The van der Waals surface area contributed by atoms with E-state index < -0.39 is 0 Å². The molecular weight excluding hydrogens is 322 g/mol. The zero-order chi connectivity index (χ0) is 18.1. The second kappa shape index (κ2) is 7.16. The van der Waals surface area contributed by atoms with Crippen LogP contribution in [-0.4, -0.2) is 20.2 Å². The molecule has 1 fully saturated rings. The lowest BCUT2D eigenvalue weighted by atomic mass is 9.98.